The predicted molar refractivity (Wildman–Crippen MR) is 108 cm³/mol. The van der Waals surface area contributed by atoms with Crippen molar-refractivity contribution in [2.75, 3.05) is 43.4 Å². The van der Waals surface area contributed by atoms with Crippen molar-refractivity contribution in [2.45, 2.75) is 25.1 Å². The number of hydrogen-bond donors (Lipinski definition) is 1. The quantitative estimate of drug-likeness (QED) is 0.556. The van der Waals surface area contributed by atoms with Crippen molar-refractivity contribution in [3.05, 3.63) is 36.7 Å². The van der Waals surface area contributed by atoms with Crippen LogP contribution in [0.5, 0.6) is 5.75 Å². The van der Waals surface area contributed by atoms with Crippen LogP contribution in [0.1, 0.15) is 12.2 Å². The van der Waals surface area contributed by atoms with Gasteiger partial charge in [0.2, 0.25) is 16.0 Å². The van der Waals surface area contributed by atoms with Gasteiger partial charge in [-0.3, -0.25) is 0 Å². The molecule has 3 rings (SSSR count). The lowest BCUT2D eigenvalue weighted by atomic mass is 10.2. The van der Waals surface area contributed by atoms with E-state index in [0.717, 1.165) is 12.4 Å². The Morgan fingerprint density at radius 3 is 2.28 bits per heavy atom. The molecule has 0 bridgehead atoms. The van der Waals surface area contributed by atoms with Gasteiger partial charge in [0.25, 0.3) is 0 Å². The number of aromatic nitrogens is 4. The highest BCUT2D eigenvalue weighted by atomic mass is 32.2. The highest BCUT2D eigenvalue weighted by Crippen LogP contribution is 2.19. The van der Waals surface area contributed by atoms with E-state index in [1.54, 1.807) is 23.4 Å². The molecule has 0 aliphatic carbocycles. The monoisotopic (exact) mass is 476 g/mol. The van der Waals surface area contributed by atoms with Crippen LogP contribution in [0.25, 0.3) is 0 Å². The maximum absolute atomic E-state index is 12.6. The fraction of sp³-hybridized carbons (Fsp3) is 0.556. The summed E-state index contributed by atoms with van der Waals surface area (Å²) in [6, 6.07) is 1.67. The maximum Gasteiger partial charge on any atom is 0.422 e. The Hall–Kier alpha value is -2.58. The average Bonchev–Trinajstić information content (AvgIpc) is 2.77. The van der Waals surface area contributed by atoms with Crippen LogP contribution in [0.15, 0.2) is 30.9 Å². The predicted octanol–water partition coefficient (Wildman–Crippen LogP) is 0.653. The van der Waals surface area contributed by atoms with Gasteiger partial charge in [-0.05, 0) is 12.5 Å². The normalized spacial score (nSPS) is 16.7. The Balaban J connectivity index is 1.46. The van der Waals surface area contributed by atoms with E-state index in [4.69, 9.17) is 0 Å². The molecule has 1 atom stereocenters. The SMILES string of the molecule is O=S(=O)(CC(O)CCc1ncccn1)N1CCN(c2ncc(OCC(F)(F)F)cn2)CC1. The van der Waals surface area contributed by atoms with Crippen LogP contribution in [0.3, 0.4) is 0 Å². The Morgan fingerprint density at radius 2 is 1.69 bits per heavy atom. The van der Waals surface area contributed by atoms with Crippen LogP contribution in [-0.4, -0.2) is 88.6 Å². The topological polar surface area (TPSA) is 122 Å². The van der Waals surface area contributed by atoms with Gasteiger partial charge in [-0.1, -0.05) is 0 Å². The van der Waals surface area contributed by atoms with Crippen molar-refractivity contribution in [3.8, 4) is 5.75 Å². The number of aryl methyl sites for hydroxylation is 1. The molecule has 0 aromatic carbocycles. The maximum atomic E-state index is 12.6. The summed E-state index contributed by atoms with van der Waals surface area (Å²) in [7, 11) is -3.67. The number of piperazine rings is 1. The first-order valence-electron chi connectivity index (χ1n) is 9.81. The molecule has 1 aliphatic rings. The van der Waals surface area contributed by atoms with Gasteiger partial charge in [0, 0.05) is 45.0 Å². The van der Waals surface area contributed by atoms with Crippen LogP contribution < -0.4 is 9.64 Å². The standard InChI is InChI=1S/C18H23F3N6O4S/c19-18(20,21)13-31-15-10-24-17(25-11-15)26-6-8-27(9-7-26)32(29,30)12-14(28)2-3-16-22-4-1-5-23-16/h1,4-5,10-11,14,28H,2-3,6-9,12-13H2. The zero-order chi connectivity index (χ0) is 23.2. The van der Waals surface area contributed by atoms with E-state index in [9.17, 15) is 26.7 Å². The zero-order valence-electron chi connectivity index (χ0n) is 17.0. The molecule has 2 aromatic rings. The Bertz CT molecular complexity index is 955. The molecule has 176 valence electrons. The van der Waals surface area contributed by atoms with E-state index in [2.05, 4.69) is 24.7 Å². The van der Waals surface area contributed by atoms with Crippen LogP contribution in [0.4, 0.5) is 19.1 Å². The summed E-state index contributed by atoms with van der Waals surface area (Å²) in [5, 5.41) is 10.2. The molecular weight excluding hydrogens is 453 g/mol. The molecule has 0 radical (unpaired) electrons. The number of alkyl halides is 3. The molecule has 1 fully saturated rings. The first-order valence-corrected chi connectivity index (χ1v) is 11.4. The first-order chi connectivity index (χ1) is 15.1. The molecule has 2 aromatic heterocycles. The molecule has 0 spiro atoms. The number of sulfonamides is 1. The van der Waals surface area contributed by atoms with Crippen molar-refractivity contribution in [1.82, 2.24) is 24.2 Å². The van der Waals surface area contributed by atoms with Gasteiger partial charge in [0.05, 0.1) is 24.3 Å². The number of halogens is 3. The molecule has 3 heterocycles. The van der Waals surface area contributed by atoms with Crippen LogP contribution >= 0.6 is 0 Å². The fourth-order valence-electron chi connectivity index (χ4n) is 3.07. The summed E-state index contributed by atoms with van der Waals surface area (Å²) in [6.07, 6.45) is 0.535. The molecule has 0 amide bonds. The Labute approximate surface area is 183 Å². The van der Waals surface area contributed by atoms with E-state index in [1.165, 1.54) is 4.31 Å². The zero-order valence-corrected chi connectivity index (χ0v) is 17.8. The second-order valence-electron chi connectivity index (χ2n) is 7.14. The van der Waals surface area contributed by atoms with E-state index >= 15 is 0 Å². The van der Waals surface area contributed by atoms with Gasteiger partial charge in [-0.15, -0.1) is 0 Å². The summed E-state index contributed by atoms with van der Waals surface area (Å²) in [6.45, 7) is -0.485. The van der Waals surface area contributed by atoms with E-state index in [1.807, 2.05) is 0 Å². The van der Waals surface area contributed by atoms with Gasteiger partial charge in [0.1, 0.15) is 5.82 Å². The van der Waals surface area contributed by atoms with E-state index in [-0.39, 0.29) is 31.2 Å². The van der Waals surface area contributed by atoms with Crippen molar-refractivity contribution in [2.24, 2.45) is 0 Å². The van der Waals surface area contributed by atoms with Gasteiger partial charge in [0.15, 0.2) is 12.4 Å². The first kappa shape index (κ1) is 24.1. The van der Waals surface area contributed by atoms with Crippen molar-refractivity contribution < 1.29 is 31.4 Å². The lowest BCUT2D eigenvalue weighted by Gasteiger charge is -2.34. The largest absolute Gasteiger partial charge is 0.481 e. The molecule has 1 N–H and O–H groups in total. The molecule has 14 heteroatoms. The smallest absolute Gasteiger partial charge is 0.422 e. The number of hydrogen-bond acceptors (Lipinski definition) is 9. The van der Waals surface area contributed by atoms with Crippen LogP contribution in [0, 0.1) is 0 Å². The van der Waals surface area contributed by atoms with Crippen molar-refractivity contribution in [3.63, 3.8) is 0 Å². The van der Waals surface area contributed by atoms with Crippen molar-refractivity contribution in [1.29, 1.82) is 0 Å². The molecular formula is C18H23F3N6O4S. The van der Waals surface area contributed by atoms with Gasteiger partial charge in [-0.2, -0.15) is 17.5 Å². The second-order valence-corrected chi connectivity index (χ2v) is 9.16. The molecule has 32 heavy (non-hydrogen) atoms. The molecule has 1 unspecified atom stereocenters. The lowest BCUT2D eigenvalue weighted by Crippen LogP contribution is -2.50. The van der Waals surface area contributed by atoms with Gasteiger partial charge in [-0.25, -0.2) is 28.4 Å². The lowest BCUT2D eigenvalue weighted by molar-refractivity contribution is -0.153. The van der Waals surface area contributed by atoms with Crippen LogP contribution in [0.2, 0.25) is 0 Å². The van der Waals surface area contributed by atoms with E-state index < -0.39 is 34.7 Å². The minimum atomic E-state index is -4.45. The van der Waals surface area contributed by atoms with Gasteiger partial charge < -0.3 is 14.7 Å². The van der Waals surface area contributed by atoms with E-state index in [0.29, 0.717) is 25.3 Å². The molecule has 1 saturated heterocycles. The molecule has 10 nitrogen and oxygen atoms in total. The highest BCUT2D eigenvalue weighted by molar-refractivity contribution is 7.89. The molecule has 0 saturated carbocycles. The molecule has 1 aliphatic heterocycles. The minimum Gasteiger partial charge on any atom is -0.481 e. The van der Waals surface area contributed by atoms with Crippen LogP contribution in [-0.2, 0) is 16.4 Å². The number of nitrogens with zero attached hydrogens (tertiary/aromatic N) is 6. The summed E-state index contributed by atoms with van der Waals surface area (Å²) in [5.41, 5.74) is 0. The summed E-state index contributed by atoms with van der Waals surface area (Å²) in [4.78, 5) is 17.8. The number of rotatable bonds is 9. The summed E-state index contributed by atoms with van der Waals surface area (Å²) >= 11 is 0. The number of ether oxygens (including phenoxy) is 1. The second kappa shape index (κ2) is 10.4. The summed E-state index contributed by atoms with van der Waals surface area (Å²) in [5.74, 6) is 0.292. The third-order valence-corrected chi connectivity index (χ3v) is 6.61. The average molecular weight is 476 g/mol. The minimum absolute atomic E-state index is 0.109. The number of aliphatic hydroxyl groups excluding tert-OH is 1. The third-order valence-electron chi connectivity index (χ3n) is 4.66. The number of anilines is 1. The number of aliphatic hydroxyl groups is 1. The Kier molecular flexibility index (Phi) is 7.79. The summed E-state index contributed by atoms with van der Waals surface area (Å²) < 4.78 is 67.7. The van der Waals surface area contributed by atoms with Gasteiger partial charge >= 0.3 is 6.18 Å². The third kappa shape index (κ3) is 7.24. The highest BCUT2D eigenvalue weighted by Gasteiger charge is 2.30. The van der Waals surface area contributed by atoms with Crippen molar-refractivity contribution >= 4 is 16.0 Å². The fourth-order valence-corrected chi connectivity index (χ4v) is 4.65. The Morgan fingerprint density at radius 1 is 1.06 bits per heavy atom.